The molecule has 0 atom stereocenters. The van der Waals surface area contributed by atoms with E-state index >= 15 is 0 Å². The van der Waals surface area contributed by atoms with E-state index in [9.17, 15) is 23.1 Å². The molecule has 0 unspecified atom stereocenters. The molecule has 0 fully saturated rings. The van der Waals surface area contributed by atoms with Crippen LogP contribution in [0.1, 0.15) is 22.1 Å². The van der Waals surface area contributed by atoms with Gasteiger partial charge in [-0.2, -0.15) is 8.42 Å². The average molecular weight is 395 g/mol. The molecule has 0 saturated carbocycles. The molecule has 7 nitrogen and oxygen atoms in total. The summed E-state index contributed by atoms with van der Waals surface area (Å²) in [7, 11) is -4.34. The summed E-state index contributed by atoms with van der Waals surface area (Å²) in [5, 5.41) is 12.9. The number of aromatic carboxylic acids is 1. The summed E-state index contributed by atoms with van der Waals surface area (Å²) in [6.07, 6.45) is 0. The zero-order chi connectivity index (χ0) is 18.9. The van der Waals surface area contributed by atoms with Gasteiger partial charge < -0.3 is 11.8 Å². The van der Waals surface area contributed by atoms with Gasteiger partial charge in [0.15, 0.2) is 0 Å². The predicted molar refractivity (Wildman–Crippen MR) is 96.2 cm³/mol. The standard InChI is InChI=1S/C18H13NO6S.Na.H/c20-17(14-5-1-2-6-15(14)18(21)22)19-16-7-3-4-11-10-12(26(23,24)25)8-9-13(11)16;;/h1-10H,(H,19,20)(H,21,22)(H,23,24,25);;/q;+1;-1. The van der Waals surface area contributed by atoms with Gasteiger partial charge in [0, 0.05) is 11.1 Å². The van der Waals surface area contributed by atoms with Crippen molar-refractivity contribution in [3.05, 3.63) is 71.8 Å². The number of fused-ring (bicyclic) bond motifs is 1. The Bertz CT molecular complexity index is 1150. The van der Waals surface area contributed by atoms with Crippen molar-refractivity contribution in [1.29, 1.82) is 0 Å². The Morgan fingerprint density at radius 3 is 2.22 bits per heavy atom. The Balaban J connectivity index is 0.00000196. The molecular weight excluding hydrogens is 381 g/mol. The van der Waals surface area contributed by atoms with Gasteiger partial charge in [-0.1, -0.05) is 30.3 Å². The molecule has 0 aromatic heterocycles. The molecule has 3 N–H and O–H groups in total. The molecule has 3 aromatic rings. The van der Waals surface area contributed by atoms with Gasteiger partial charge in [0.1, 0.15) is 0 Å². The van der Waals surface area contributed by atoms with Gasteiger partial charge in [-0.3, -0.25) is 9.35 Å². The molecule has 27 heavy (non-hydrogen) atoms. The molecular formula is C18H14NNaO6S. The number of hydrogen-bond donors (Lipinski definition) is 3. The second-order valence-electron chi connectivity index (χ2n) is 5.47. The topological polar surface area (TPSA) is 121 Å². The zero-order valence-electron chi connectivity index (χ0n) is 15.2. The van der Waals surface area contributed by atoms with Crippen LogP contribution in [0.4, 0.5) is 5.69 Å². The molecule has 134 valence electrons. The maximum absolute atomic E-state index is 12.5. The maximum atomic E-state index is 12.5. The summed E-state index contributed by atoms with van der Waals surface area (Å²) in [4.78, 5) is 23.5. The van der Waals surface area contributed by atoms with E-state index in [-0.39, 0.29) is 47.0 Å². The van der Waals surface area contributed by atoms with E-state index in [1.165, 1.54) is 36.4 Å². The number of carbonyl (C=O) groups excluding carboxylic acids is 1. The van der Waals surface area contributed by atoms with Crippen LogP contribution >= 0.6 is 0 Å². The van der Waals surface area contributed by atoms with Gasteiger partial charge in [0.25, 0.3) is 16.0 Å². The normalized spacial score (nSPS) is 10.9. The summed E-state index contributed by atoms with van der Waals surface area (Å²) < 4.78 is 31.7. The quantitative estimate of drug-likeness (QED) is 0.427. The molecule has 0 spiro atoms. The molecule has 3 aromatic carbocycles. The SMILES string of the molecule is O=C(O)c1ccccc1C(=O)Nc1cccc2cc(S(=O)(=O)O)ccc12.[H-].[Na+]. The Kier molecular flexibility index (Phi) is 6.40. The number of amides is 1. The first-order valence-electron chi connectivity index (χ1n) is 7.41. The molecule has 9 heteroatoms. The smallest absolute Gasteiger partial charge is 1.00 e. The number of nitrogens with one attached hydrogen (secondary N) is 1. The molecule has 0 radical (unpaired) electrons. The van der Waals surface area contributed by atoms with Gasteiger partial charge in [0.05, 0.1) is 16.0 Å². The molecule has 0 bridgehead atoms. The van der Waals surface area contributed by atoms with E-state index in [4.69, 9.17) is 4.55 Å². The van der Waals surface area contributed by atoms with Gasteiger partial charge in [0.2, 0.25) is 0 Å². The van der Waals surface area contributed by atoms with Crippen LogP contribution in [0, 0.1) is 0 Å². The summed E-state index contributed by atoms with van der Waals surface area (Å²) in [5.41, 5.74) is 0.264. The summed E-state index contributed by atoms with van der Waals surface area (Å²) in [5.74, 6) is -1.82. The van der Waals surface area contributed by atoms with Crippen LogP contribution in [-0.2, 0) is 10.1 Å². The van der Waals surface area contributed by atoms with Crippen LogP contribution in [-0.4, -0.2) is 30.0 Å². The van der Waals surface area contributed by atoms with Crippen molar-refractivity contribution in [3.8, 4) is 0 Å². The summed E-state index contributed by atoms with van der Waals surface area (Å²) >= 11 is 0. The summed E-state index contributed by atoms with van der Waals surface area (Å²) in [6, 6.07) is 14.6. The van der Waals surface area contributed by atoms with Gasteiger partial charge >= 0.3 is 35.5 Å². The maximum Gasteiger partial charge on any atom is 1.00 e. The van der Waals surface area contributed by atoms with E-state index < -0.39 is 22.0 Å². The first-order valence-corrected chi connectivity index (χ1v) is 8.85. The number of carboxylic acids is 1. The third-order valence-corrected chi connectivity index (χ3v) is 4.65. The fourth-order valence-corrected chi connectivity index (χ4v) is 3.10. The number of rotatable bonds is 4. The van der Waals surface area contributed by atoms with Crippen LogP contribution in [0.3, 0.4) is 0 Å². The fraction of sp³-hybridized carbons (Fsp3) is 0. The third-order valence-electron chi connectivity index (χ3n) is 3.80. The predicted octanol–water partition coefficient (Wildman–Crippen LogP) is 0.154. The van der Waals surface area contributed by atoms with Crippen molar-refractivity contribution in [2.45, 2.75) is 4.90 Å². The fourth-order valence-electron chi connectivity index (χ4n) is 2.59. The first-order chi connectivity index (χ1) is 12.3. The van der Waals surface area contributed by atoms with Crippen molar-refractivity contribution >= 4 is 38.5 Å². The van der Waals surface area contributed by atoms with Crippen molar-refractivity contribution in [2.75, 3.05) is 5.32 Å². The van der Waals surface area contributed by atoms with E-state index in [1.54, 1.807) is 24.3 Å². The molecule has 0 heterocycles. The van der Waals surface area contributed by atoms with E-state index in [0.29, 0.717) is 16.5 Å². The van der Waals surface area contributed by atoms with Crippen LogP contribution in [0.25, 0.3) is 10.8 Å². The molecule has 0 aliphatic heterocycles. The summed E-state index contributed by atoms with van der Waals surface area (Å²) in [6.45, 7) is 0. The second-order valence-corrected chi connectivity index (χ2v) is 6.89. The Hall–Kier alpha value is -2.23. The minimum absolute atomic E-state index is 0. The number of carboxylic acid groups (broad SMARTS) is 1. The Labute approximate surface area is 178 Å². The average Bonchev–Trinajstić information content (AvgIpc) is 2.60. The number of benzene rings is 3. The number of anilines is 1. The third kappa shape index (κ3) is 4.55. The van der Waals surface area contributed by atoms with Crippen LogP contribution < -0.4 is 34.9 Å². The van der Waals surface area contributed by atoms with E-state index in [0.717, 1.165) is 0 Å². The minimum Gasteiger partial charge on any atom is -1.00 e. The minimum atomic E-state index is -4.34. The number of hydrogen-bond acceptors (Lipinski definition) is 4. The second kappa shape index (κ2) is 8.20. The molecule has 0 aliphatic carbocycles. The van der Waals surface area contributed by atoms with Gasteiger partial charge in [-0.15, -0.1) is 0 Å². The first kappa shape index (κ1) is 21.1. The van der Waals surface area contributed by atoms with Gasteiger partial charge in [-0.05, 0) is 35.7 Å². The van der Waals surface area contributed by atoms with E-state index in [1.807, 2.05) is 0 Å². The molecule has 0 aliphatic rings. The molecule has 1 amide bonds. The largest absolute Gasteiger partial charge is 1.00 e. The van der Waals surface area contributed by atoms with Crippen molar-refractivity contribution in [1.82, 2.24) is 0 Å². The molecule has 3 rings (SSSR count). The van der Waals surface area contributed by atoms with Crippen LogP contribution in [0.5, 0.6) is 0 Å². The van der Waals surface area contributed by atoms with Gasteiger partial charge in [-0.25, -0.2) is 4.79 Å². The molecule has 0 saturated heterocycles. The monoisotopic (exact) mass is 395 g/mol. The van der Waals surface area contributed by atoms with Crippen LogP contribution in [0.15, 0.2) is 65.6 Å². The number of carbonyl (C=O) groups is 2. The van der Waals surface area contributed by atoms with Crippen molar-refractivity contribution in [3.63, 3.8) is 0 Å². The zero-order valence-corrected chi connectivity index (χ0v) is 17.0. The van der Waals surface area contributed by atoms with E-state index in [2.05, 4.69) is 5.32 Å². The Morgan fingerprint density at radius 2 is 1.59 bits per heavy atom. The van der Waals surface area contributed by atoms with Crippen LogP contribution in [0.2, 0.25) is 0 Å². The van der Waals surface area contributed by atoms with Crippen molar-refractivity contribution < 1.29 is 58.7 Å². The Morgan fingerprint density at radius 1 is 0.926 bits per heavy atom. The van der Waals surface area contributed by atoms with Crippen molar-refractivity contribution in [2.24, 2.45) is 0 Å².